The average molecular weight is 270 g/mol. The predicted octanol–water partition coefficient (Wildman–Crippen LogP) is 1.09. The third-order valence-electron chi connectivity index (χ3n) is 2.86. The lowest BCUT2D eigenvalue weighted by atomic mass is 10.1. The molecule has 7 heteroatoms. The Balaban J connectivity index is 2.19. The van der Waals surface area contributed by atoms with E-state index in [1.54, 1.807) is 31.4 Å². The highest BCUT2D eigenvalue weighted by molar-refractivity contribution is 5.67. The summed E-state index contributed by atoms with van der Waals surface area (Å²) >= 11 is 0. The number of hydrogen-bond donors (Lipinski definition) is 2. The molecule has 0 amide bonds. The number of nitrogens with zero attached hydrogens (tertiary/aromatic N) is 2. The lowest BCUT2D eigenvalue weighted by Gasteiger charge is -2.04. The lowest BCUT2D eigenvalue weighted by molar-refractivity contribution is 0.581. The molecule has 2 N–H and O–H groups in total. The van der Waals surface area contributed by atoms with Crippen molar-refractivity contribution in [2.45, 2.75) is 6.92 Å². The van der Waals surface area contributed by atoms with Gasteiger partial charge in [0.25, 0.3) is 5.56 Å². The maximum Gasteiger partial charge on any atom is 0.325 e. The molecule has 100 valence electrons. The van der Waals surface area contributed by atoms with Crippen LogP contribution in [0.3, 0.4) is 0 Å². The Labute approximate surface area is 112 Å². The Kier molecular flexibility index (Phi) is 2.79. The molecule has 0 saturated heterocycles. The van der Waals surface area contributed by atoms with Crippen molar-refractivity contribution in [3.8, 4) is 22.6 Å². The second kappa shape index (κ2) is 4.61. The van der Waals surface area contributed by atoms with Crippen LogP contribution < -0.4 is 11.2 Å². The van der Waals surface area contributed by atoms with Gasteiger partial charge in [-0.1, -0.05) is 0 Å². The van der Waals surface area contributed by atoms with E-state index >= 15 is 0 Å². The molecule has 0 aliphatic heterocycles. The van der Waals surface area contributed by atoms with Gasteiger partial charge in [-0.15, -0.1) is 5.10 Å². The molecule has 0 saturated carbocycles. The fourth-order valence-corrected chi connectivity index (χ4v) is 1.87. The highest BCUT2D eigenvalue weighted by atomic mass is 16.3. The van der Waals surface area contributed by atoms with Crippen LogP contribution in [0.1, 0.15) is 5.69 Å². The van der Waals surface area contributed by atoms with Crippen molar-refractivity contribution in [2.24, 2.45) is 0 Å². The second-order valence-corrected chi connectivity index (χ2v) is 4.19. The smallest absolute Gasteiger partial charge is 0.325 e. The maximum absolute atomic E-state index is 11.8. The van der Waals surface area contributed by atoms with E-state index in [0.29, 0.717) is 17.1 Å². The summed E-state index contributed by atoms with van der Waals surface area (Å²) in [6, 6.07) is 5.26. The number of furan rings is 1. The van der Waals surface area contributed by atoms with Gasteiger partial charge in [0.15, 0.2) is 0 Å². The van der Waals surface area contributed by atoms with Crippen molar-refractivity contribution in [1.29, 1.82) is 0 Å². The molecule has 20 heavy (non-hydrogen) atoms. The van der Waals surface area contributed by atoms with Crippen LogP contribution >= 0.6 is 0 Å². The van der Waals surface area contributed by atoms with E-state index in [9.17, 15) is 9.59 Å². The lowest BCUT2D eigenvalue weighted by Crippen LogP contribution is -2.22. The van der Waals surface area contributed by atoms with E-state index in [0.717, 1.165) is 5.56 Å². The highest BCUT2D eigenvalue weighted by Gasteiger charge is 2.12. The molecule has 7 nitrogen and oxygen atoms in total. The minimum atomic E-state index is -0.565. The zero-order valence-electron chi connectivity index (χ0n) is 10.5. The van der Waals surface area contributed by atoms with E-state index < -0.39 is 11.2 Å². The third kappa shape index (κ3) is 2.05. The zero-order valence-corrected chi connectivity index (χ0v) is 10.5. The number of nitrogens with one attached hydrogen (secondary N) is 2. The minimum Gasteiger partial charge on any atom is -0.464 e. The summed E-state index contributed by atoms with van der Waals surface area (Å²) in [7, 11) is 0. The molecule has 0 spiro atoms. The summed E-state index contributed by atoms with van der Waals surface area (Å²) in [5.74, 6) is 0.638. The van der Waals surface area contributed by atoms with Crippen LogP contribution in [0.5, 0.6) is 0 Å². The summed E-state index contributed by atoms with van der Waals surface area (Å²) in [6.45, 7) is 1.80. The predicted molar refractivity (Wildman–Crippen MR) is 71.1 cm³/mol. The zero-order chi connectivity index (χ0) is 14.1. The summed E-state index contributed by atoms with van der Waals surface area (Å²) in [5.41, 5.74) is 0.946. The molecule has 0 aliphatic carbocycles. The molecule has 0 radical (unpaired) electrons. The number of hydrogen-bond acceptors (Lipinski definition) is 5. The fraction of sp³-hybridized carbons (Fsp3) is 0.0769. The van der Waals surface area contributed by atoms with E-state index in [4.69, 9.17) is 4.42 Å². The van der Waals surface area contributed by atoms with Gasteiger partial charge in [0, 0.05) is 11.8 Å². The summed E-state index contributed by atoms with van der Waals surface area (Å²) in [5, 5.41) is 8.00. The molecular weight excluding hydrogens is 260 g/mol. The summed E-state index contributed by atoms with van der Waals surface area (Å²) in [6.07, 6.45) is 2.87. The number of H-pyrrole nitrogens is 2. The number of aromatic nitrogens is 4. The Hall–Kier alpha value is -2.96. The van der Waals surface area contributed by atoms with E-state index in [1.807, 2.05) is 0 Å². The monoisotopic (exact) mass is 270 g/mol. The molecule has 0 atom stereocenters. The second-order valence-electron chi connectivity index (χ2n) is 4.19. The first kappa shape index (κ1) is 12.1. The molecule has 0 bridgehead atoms. The molecule has 0 unspecified atom stereocenters. The summed E-state index contributed by atoms with van der Waals surface area (Å²) < 4.78 is 5.33. The number of aryl methyl sites for hydroxylation is 1. The van der Waals surface area contributed by atoms with Crippen LogP contribution in [-0.4, -0.2) is 20.2 Å². The molecule has 0 aliphatic rings. The maximum atomic E-state index is 11.8. The van der Waals surface area contributed by atoms with Crippen molar-refractivity contribution in [3.05, 3.63) is 57.2 Å². The number of rotatable bonds is 2. The van der Waals surface area contributed by atoms with Gasteiger partial charge in [-0.05, 0) is 25.1 Å². The average Bonchev–Trinajstić information content (AvgIpc) is 2.93. The molecule has 0 fully saturated rings. The first-order valence-electron chi connectivity index (χ1n) is 5.86. The van der Waals surface area contributed by atoms with Gasteiger partial charge < -0.3 is 9.40 Å². The fourth-order valence-electron chi connectivity index (χ4n) is 1.87. The Morgan fingerprint density at radius 2 is 2.05 bits per heavy atom. The van der Waals surface area contributed by atoms with Crippen molar-refractivity contribution < 1.29 is 4.42 Å². The quantitative estimate of drug-likeness (QED) is 0.725. The van der Waals surface area contributed by atoms with Crippen LogP contribution in [0.2, 0.25) is 0 Å². The Morgan fingerprint density at radius 1 is 1.20 bits per heavy atom. The standard InChI is InChI=1S/C13H10N4O3/c1-7-8(11-3-2-4-20-11)5-10(17-16-7)9-6-14-13(19)15-12(9)18/h2-6H,1H3,(H2,14,15,18,19). The minimum absolute atomic E-state index is 0.241. The molecule has 3 rings (SSSR count). The Bertz CT molecular complexity index is 862. The topological polar surface area (TPSA) is 105 Å². The summed E-state index contributed by atoms with van der Waals surface area (Å²) in [4.78, 5) is 27.3. The van der Waals surface area contributed by atoms with E-state index in [2.05, 4.69) is 20.2 Å². The van der Waals surface area contributed by atoms with Crippen LogP contribution in [0.15, 0.2) is 44.7 Å². The SMILES string of the molecule is Cc1nnc(-c2c[nH]c(=O)[nH]c2=O)cc1-c1ccco1. The third-order valence-corrected chi connectivity index (χ3v) is 2.86. The van der Waals surface area contributed by atoms with Crippen LogP contribution in [0, 0.1) is 6.92 Å². The van der Waals surface area contributed by atoms with Gasteiger partial charge in [0.2, 0.25) is 0 Å². The van der Waals surface area contributed by atoms with Crippen molar-refractivity contribution in [3.63, 3.8) is 0 Å². The first-order valence-corrected chi connectivity index (χ1v) is 5.86. The van der Waals surface area contributed by atoms with Gasteiger partial charge in [-0.2, -0.15) is 5.10 Å². The van der Waals surface area contributed by atoms with Crippen molar-refractivity contribution in [1.82, 2.24) is 20.2 Å². The largest absolute Gasteiger partial charge is 0.464 e. The van der Waals surface area contributed by atoms with Crippen molar-refractivity contribution >= 4 is 0 Å². The van der Waals surface area contributed by atoms with Crippen LogP contribution in [-0.2, 0) is 0 Å². The van der Waals surface area contributed by atoms with Crippen LogP contribution in [0.4, 0.5) is 0 Å². The first-order chi connectivity index (χ1) is 9.65. The van der Waals surface area contributed by atoms with Crippen molar-refractivity contribution in [2.75, 3.05) is 0 Å². The van der Waals surface area contributed by atoms with Gasteiger partial charge >= 0.3 is 5.69 Å². The number of aromatic amines is 2. The normalized spacial score (nSPS) is 10.7. The van der Waals surface area contributed by atoms with Gasteiger partial charge in [0.05, 0.1) is 17.5 Å². The Morgan fingerprint density at radius 3 is 2.75 bits per heavy atom. The molecule has 0 aromatic carbocycles. The van der Waals surface area contributed by atoms with E-state index in [-0.39, 0.29) is 5.56 Å². The highest BCUT2D eigenvalue weighted by Crippen LogP contribution is 2.25. The van der Waals surface area contributed by atoms with Gasteiger partial charge in [0.1, 0.15) is 11.5 Å². The molecule has 3 heterocycles. The van der Waals surface area contributed by atoms with Gasteiger partial charge in [-0.25, -0.2) is 4.79 Å². The molecular formula is C13H10N4O3. The molecule has 3 aromatic rings. The van der Waals surface area contributed by atoms with E-state index in [1.165, 1.54) is 6.20 Å². The van der Waals surface area contributed by atoms with Crippen LogP contribution in [0.25, 0.3) is 22.6 Å². The van der Waals surface area contributed by atoms with Gasteiger partial charge in [-0.3, -0.25) is 9.78 Å². The molecule has 3 aromatic heterocycles.